The highest BCUT2D eigenvalue weighted by molar-refractivity contribution is 7.21. The van der Waals surface area contributed by atoms with Crippen LogP contribution in [0.2, 0.25) is 5.02 Å². The number of rotatable bonds is 7. The van der Waals surface area contributed by atoms with Crippen LogP contribution in [0.15, 0.2) is 72.8 Å². The molecular weight excluding hydrogens is 442 g/mol. The van der Waals surface area contributed by atoms with E-state index in [-0.39, 0.29) is 5.91 Å². The van der Waals surface area contributed by atoms with Crippen LogP contribution in [0.1, 0.15) is 37.6 Å². The van der Waals surface area contributed by atoms with Crippen molar-refractivity contribution >= 4 is 50.6 Å². The number of hydrogen-bond acceptors (Lipinski definition) is 4. The molecule has 1 heterocycles. The molecule has 0 fully saturated rings. The molecule has 0 aliphatic heterocycles. The van der Waals surface area contributed by atoms with E-state index in [0.717, 1.165) is 34.9 Å². The Bertz CT molecular complexity index is 1270. The number of methoxy groups -OCH3 is 1. The van der Waals surface area contributed by atoms with E-state index in [0.29, 0.717) is 21.2 Å². The van der Waals surface area contributed by atoms with Crippen LogP contribution in [0, 0.1) is 0 Å². The Balaban J connectivity index is 1.56. The second-order valence-corrected chi connectivity index (χ2v) is 8.84. The molecule has 0 atom stereocenters. The van der Waals surface area contributed by atoms with Crippen LogP contribution in [-0.2, 0) is 17.6 Å². The second-order valence-electron chi connectivity index (χ2n) is 7.41. The molecule has 0 unspecified atom stereocenters. The summed E-state index contributed by atoms with van der Waals surface area (Å²) in [6, 6.07) is 23.4. The lowest BCUT2D eigenvalue weighted by molar-refractivity contribution is 0.0602. The Morgan fingerprint density at radius 2 is 1.66 bits per heavy atom. The molecule has 0 saturated heterocycles. The van der Waals surface area contributed by atoms with Gasteiger partial charge in [0.2, 0.25) is 0 Å². The Hall–Kier alpha value is -3.15. The van der Waals surface area contributed by atoms with E-state index in [2.05, 4.69) is 17.4 Å². The summed E-state index contributed by atoms with van der Waals surface area (Å²) in [5, 5.41) is 4.14. The molecule has 0 bridgehead atoms. The number of amides is 1. The normalized spacial score (nSPS) is 10.8. The zero-order valence-electron chi connectivity index (χ0n) is 17.6. The minimum atomic E-state index is -0.501. The van der Waals surface area contributed by atoms with Crippen molar-refractivity contribution in [2.45, 2.75) is 19.3 Å². The number of aryl methyl sites for hydroxylation is 2. The average Bonchev–Trinajstić information content (AvgIpc) is 3.16. The summed E-state index contributed by atoms with van der Waals surface area (Å²) in [5.41, 5.74) is 3.05. The number of nitrogens with one attached hydrogen (secondary N) is 1. The quantitative estimate of drug-likeness (QED) is 0.308. The number of ether oxygens (including phenoxy) is 1. The molecule has 1 N–H and O–H groups in total. The minimum Gasteiger partial charge on any atom is -0.465 e. The van der Waals surface area contributed by atoms with E-state index in [4.69, 9.17) is 16.3 Å². The van der Waals surface area contributed by atoms with Crippen LogP contribution in [0.3, 0.4) is 0 Å². The Morgan fingerprint density at radius 3 is 2.41 bits per heavy atom. The molecule has 32 heavy (non-hydrogen) atoms. The molecule has 0 aliphatic carbocycles. The zero-order chi connectivity index (χ0) is 22.5. The number of esters is 1. The van der Waals surface area contributed by atoms with E-state index in [1.54, 1.807) is 6.07 Å². The number of fused-ring (bicyclic) bond motifs is 1. The van der Waals surface area contributed by atoms with Gasteiger partial charge in [0.1, 0.15) is 4.88 Å². The number of carbonyl (C=O) groups excluding carboxylic acids is 2. The van der Waals surface area contributed by atoms with E-state index in [9.17, 15) is 9.59 Å². The summed E-state index contributed by atoms with van der Waals surface area (Å²) in [5.74, 6) is -0.846. The molecule has 4 aromatic rings. The number of halogens is 1. The predicted molar refractivity (Wildman–Crippen MR) is 131 cm³/mol. The fourth-order valence-electron chi connectivity index (χ4n) is 3.62. The third-order valence-electron chi connectivity index (χ3n) is 5.25. The molecular formula is C26H22ClNO3S. The van der Waals surface area contributed by atoms with Crippen molar-refractivity contribution < 1.29 is 14.3 Å². The predicted octanol–water partition coefficient (Wildman–Crippen LogP) is 6.77. The maximum absolute atomic E-state index is 13.0. The van der Waals surface area contributed by atoms with Gasteiger partial charge in [0, 0.05) is 10.1 Å². The van der Waals surface area contributed by atoms with Gasteiger partial charge in [0.05, 0.1) is 23.4 Å². The Morgan fingerprint density at radius 1 is 0.938 bits per heavy atom. The average molecular weight is 464 g/mol. The van der Waals surface area contributed by atoms with Gasteiger partial charge < -0.3 is 10.1 Å². The molecule has 0 spiro atoms. The van der Waals surface area contributed by atoms with Gasteiger partial charge in [0.25, 0.3) is 5.91 Å². The molecule has 162 valence electrons. The van der Waals surface area contributed by atoms with Crippen LogP contribution in [0.25, 0.3) is 10.1 Å². The van der Waals surface area contributed by atoms with Gasteiger partial charge in [-0.25, -0.2) is 4.79 Å². The fourth-order valence-corrected chi connectivity index (χ4v) is 5.03. The number of thiophene rings is 1. The summed E-state index contributed by atoms with van der Waals surface area (Å²) in [6.07, 6.45) is 2.73. The maximum Gasteiger partial charge on any atom is 0.339 e. The van der Waals surface area contributed by atoms with Crippen LogP contribution >= 0.6 is 22.9 Å². The first-order valence-corrected chi connectivity index (χ1v) is 11.5. The number of carbonyl (C=O) groups is 2. The highest BCUT2D eigenvalue weighted by atomic mass is 35.5. The summed E-state index contributed by atoms with van der Waals surface area (Å²) >= 11 is 7.79. The SMILES string of the molecule is COC(=O)c1ccc(CCCc2ccccc2)cc1NC(=O)c1sc2ccccc2c1Cl. The van der Waals surface area contributed by atoms with Gasteiger partial charge in [-0.15, -0.1) is 11.3 Å². The van der Waals surface area contributed by atoms with Crippen molar-refractivity contribution in [1.29, 1.82) is 0 Å². The molecule has 0 saturated carbocycles. The number of hydrogen-bond donors (Lipinski definition) is 1. The summed E-state index contributed by atoms with van der Waals surface area (Å²) < 4.78 is 5.84. The summed E-state index contributed by atoms with van der Waals surface area (Å²) in [6.45, 7) is 0. The summed E-state index contributed by atoms with van der Waals surface area (Å²) in [7, 11) is 1.32. The van der Waals surface area contributed by atoms with Gasteiger partial charge in [0.15, 0.2) is 0 Å². The van der Waals surface area contributed by atoms with Crippen molar-refractivity contribution in [3.63, 3.8) is 0 Å². The fraction of sp³-hybridized carbons (Fsp3) is 0.154. The van der Waals surface area contributed by atoms with E-state index in [1.807, 2.05) is 54.6 Å². The van der Waals surface area contributed by atoms with Gasteiger partial charge in [-0.1, -0.05) is 66.2 Å². The first-order valence-electron chi connectivity index (χ1n) is 10.3. The molecule has 6 heteroatoms. The van der Waals surface area contributed by atoms with Crippen LogP contribution in [-0.4, -0.2) is 19.0 Å². The van der Waals surface area contributed by atoms with Crippen molar-refractivity contribution in [3.05, 3.63) is 99.4 Å². The molecule has 4 rings (SSSR count). The lowest BCUT2D eigenvalue weighted by Gasteiger charge is -2.12. The second kappa shape index (κ2) is 9.98. The van der Waals surface area contributed by atoms with Crippen molar-refractivity contribution in [2.24, 2.45) is 0 Å². The highest BCUT2D eigenvalue weighted by Crippen LogP contribution is 2.35. The lowest BCUT2D eigenvalue weighted by Crippen LogP contribution is -2.15. The number of benzene rings is 3. The number of anilines is 1. The van der Waals surface area contributed by atoms with E-state index in [1.165, 1.54) is 24.0 Å². The third kappa shape index (κ3) is 4.85. The van der Waals surface area contributed by atoms with Gasteiger partial charge in [-0.3, -0.25) is 4.79 Å². The lowest BCUT2D eigenvalue weighted by atomic mass is 10.0. The highest BCUT2D eigenvalue weighted by Gasteiger charge is 2.20. The van der Waals surface area contributed by atoms with Crippen molar-refractivity contribution in [3.8, 4) is 0 Å². The van der Waals surface area contributed by atoms with Gasteiger partial charge in [-0.2, -0.15) is 0 Å². The van der Waals surface area contributed by atoms with E-state index < -0.39 is 5.97 Å². The molecule has 0 aliphatic rings. The standard InChI is InChI=1S/C26H22ClNO3S/c1-31-26(30)19-15-14-18(11-7-10-17-8-3-2-4-9-17)16-21(19)28-25(29)24-23(27)20-12-5-6-13-22(20)32-24/h2-6,8-9,12-16H,7,10-11H2,1H3,(H,28,29). The Kier molecular flexibility index (Phi) is 6.88. The zero-order valence-corrected chi connectivity index (χ0v) is 19.1. The molecule has 1 amide bonds. The van der Waals surface area contributed by atoms with Crippen molar-refractivity contribution in [1.82, 2.24) is 0 Å². The van der Waals surface area contributed by atoms with Crippen LogP contribution in [0.4, 0.5) is 5.69 Å². The summed E-state index contributed by atoms with van der Waals surface area (Å²) in [4.78, 5) is 25.7. The largest absolute Gasteiger partial charge is 0.465 e. The molecule has 4 nitrogen and oxygen atoms in total. The van der Waals surface area contributed by atoms with E-state index >= 15 is 0 Å². The molecule has 0 radical (unpaired) electrons. The van der Waals surface area contributed by atoms with Gasteiger partial charge >= 0.3 is 5.97 Å². The molecule has 3 aromatic carbocycles. The first-order chi connectivity index (χ1) is 15.6. The van der Waals surface area contributed by atoms with Gasteiger partial charge in [-0.05, 0) is 48.6 Å². The molecule has 1 aromatic heterocycles. The minimum absolute atomic E-state index is 0.310. The third-order valence-corrected chi connectivity index (χ3v) is 6.93. The monoisotopic (exact) mass is 463 g/mol. The first kappa shape index (κ1) is 22.1. The van der Waals surface area contributed by atoms with Crippen molar-refractivity contribution in [2.75, 3.05) is 12.4 Å². The Labute approximate surface area is 195 Å². The topological polar surface area (TPSA) is 55.4 Å². The van der Waals surface area contributed by atoms with Crippen LogP contribution < -0.4 is 5.32 Å². The van der Waals surface area contributed by atoms with Crippen LogP contribution in [0.5, 0.6) is 0 Å². The smallest absolute Gasteiger partial charge is 0.339 e. The maximum atomic E-state index is 13.0.